The molecule has 0 N–H and O–H groups in total. The van der Waals surface area contributed by atoms with Crippen LogP contribution in [0.5, 0.6) is 17.2 Å². The smallest absolute Gasteiger partial charge is 0.415 e. The Morgan fingerprint density at radius 2 is 1.96 bits per heavy atom. The molecule has 1 aliphatic heterocycles. The van der Waals surface area contributed by atoms with Gasteiger partial charge in [-0.2, -0.15) is 8.42 Å². The Labute approximate surface area is 296 Å². The molecular formula is C36H40N4O8S2. The monoisotopic (exact) mass is 720 g/mol. The number of aromatic nitrogens is 3. The van der Waals surface area contributed by atoms with E-state index in [0.717, 1.165) is 28.1 Å². The number of anilines is 1. The van der Waals surface area contributed by atoms with Crippen LogP contribution < -0.4 is 14.4 Å². The highest BCUT2D eigenvalue weighted by Crippen LogP contribution is 2.42. The number of aryl methyl sites for hydroxylation is 1. The highest BCUT2D eigenvalue weighted by molar-refractivity contribution is 7.86. The molecule has 1 saturated heterocycles. The first-order valence-corrected chi connectivity index (χ1v) is 18.4. The van der Waals surface area contributed by atoms with Crippen LogP contribution in [-0.4, -0.2) is 61.6 Å². The summed E-state index contributed by atoms with van der Waals surface area (Å²) in [5, 5.41) is 0.725. The Hall–Kier alpha value is -4.55. The number of carbonyl (C=O) groups excluding carboxylic acids is 1. The number of hydrogen-bond donors (Lipinski definition) is 0. The van der Waals surface area contributed by atoms with Crippen LogP contribution in [0.25, 0.3) is 16.3 Å². The van der Waals surface area contributed by atoms with Crippen molar-refractivity contribution in [1.82, 2.24) is 15.0 Å². The van der Waals surface area contributed by atoms with Crippen molar-refractivity contribution in [3.05, 3.63) is 65.1 Å². The number of amides is 1. The van der Waals surface area contributed by atoms with Crippen molar-refractivity contribution >= 4 is 49.7 Å². The molecule has 50 heavy (non-hydrogen) atoms. The zero-order valence-corrected chi connectivity index (χ0v) is 30.5. The molecule has 1 aliphatic rings. The fourth-order valence-electron chi connectivity index (χ4n) is 4.66. The van der Waals surface area contributed by atoms with Crippen LogP contribution in [0.2, 0.25) is 0 Å². The van der Waals surface area contributed by atoms with E-state index in [2.05, 4.69) is 26.8 Å². The molecule has 1 atom stereocenters. The van der Waals surface area contributed by atoms with Gasteiger partial charge in [0.05, 0.1) is 35.8 Å². The molecule has 1 amide bonds. The topological polar surface area (TPSA) is 139 Å². The Balaban J connectivity index is 1.32. The summed E-state index contributed by atoms with van der Waals surface area (Å²) in [6.45, 7) is 9.62. The normalized spacial score (nSPS) is 15.0. The molecule has 12 nitrogen and oxygen atoms in total. The molecule has 0 aliphatic carbocycles. The number of rotatable bonds is 10. The zero-order valence-electron chi connectivity index (χ0n) is 28.9. The standard InChI is InChI=1S/C36H40N4O8S2/c1-7-19-45-50(42,43)29-18-15-24(2)33(34(29)47-32-14-10-11-20-44-32)46-26-16-17-27-28(21-26)49-31(39-27)13-9-8-12-25-22-38-30(23-37-25)40(6)35(41)48-36(3,4)5/h9,13,15-18,21-23,32H,7,10-11,14,19-20H2,1-6H3/b13-9+. The largest absolute Gasteiger partial charge is 0.460 e. The van der Waals surface area contributed by atoms with Gasteiger partial charge in [0.2, 0.25) is 0 Å². The molecule has 0 radical (unpaired) electrons. The molecule has 1 fully saturated rings. The molecule has 0 saturated carbocycles. The van der Waals surface area contributed by atoms with Gasteiger partial charge in [0.25, 0.3) is 0 Å². The van der Waals surface area contributed by atoms with E-state index in [0.29, 0.717) is 42.3 Å². The highest BCUT2D eigenvalue weighted by atomic mass is 32.2. The van der Waals surface area contributed by atoms with Crippen LogP contribution in [-0.2, 0) is 23.8 Å². The van der Waals surface area contributed by atoms with Crippen molar-refractivity contribution in [3.63, 3.8) is 0 Å². The van der Waals surface area contributed by atoms with E-state index in [9.17, 15) is 13.2 Å². The van der Waals surface area contributed by atoms with E-state index < -0.39 is 28.1 Å². The van der Waals surface area contributed by atoms with Crippen molar-refractivity contribution in [2.24, 2.45) is 0 Å². The lowest BCUT2D eigenvalue weighted by Gasteiger charge is -2.26. The molecule has 0 bridgehead atoms. The van der Waals surface area contributed by atoms with Gasteiger partial charge in [-0.1, -0.05) is 18.9 Å². The fourth-order valence-corrected chi connectivity index (χ4v) is 6.67. The summed E-state index contributed by atoms with van der Waals surface area (Å²) in [7, 11) is -2.56. The van der Waals surface area contributed by atoms with Crippen molar-refractivity contribution in [1.29, 1.82) is 0 Å². The van der Waals surface area contributed by atoms with Gasteiger partial charge in [0, 0.05) is 19.5 Å². The van der Waals surface area contributed by atoms with Gasteiger partial charge < -0.3 is 18.9 Å². The molecule has 3 heterocycles. The number of nitrogens with zero attached hydrogens (tertiary/aromatic N) is 4. The average molecular weight is 721 g/mol. The molecule has 0 spiro atoms. The number of thiazole rings is 1. The predicted molar refractivity (Wildman–Crippen MR) is 191 cm³/mol. The van der Waals surface area contributed by atoms with E-state index in [1.54, 1.807) is 52.1 Å². The van der Waals surface area contributed by atoms with Gasteiger partial charge in [-0.15, -0.1) is 11.3 Å². The third-order valence-electron chi connectivity index (χ3n) is 7.13. The third kappa shape index (κ3) is 9.57. The Morgan fingerprint density at radius 1 is 1.14 bits per heavy atom. The number of fused-ring (bicyclic) bond motifs is 1. The Bertz CT molecular complexity index is 2020. The third-order valence-corrected chi connectivity index (χ3v) is 9.45. The second kappa shape index (κ2) is 16.0. The van der Waals surface area contributed by atoms with Gasteiger partial charge in [-0.05, 0) is 88.8 Å². The van der Waals surface area contributed by atoms with Gasteiger partial charge in [-0.3, -0.25) is 9.08 Å². The minimum atomic E-state index is -4.12. The number of carbonyl (C=O) groups is 1. The average Bonchev–Trinajstić information content (AvgIpc) is 3.49. The second-order valence-electron chi connectivity index (χ2n) is 12.4. The second-order valence-corrected chi connectivity index (χ2v) is 15.1. The molecule has 1 unspecified atom stereocenters. The van der Waals surface area contributed by atoms with E-state index in [-0.39, 0.29) is 23.0 Å². The zero-order chi connectivity index (χ0) is 35.9. The van der Waals surface area contributed by atoms with Crippen LogP contribution in [0.1, 0.15) is 69.6 Å². The molecule has 2 aromatic carbocycles. The van der Waals surface area contributed by atoms with E-state index >= 15 is 0 Å². The predicted octanol–water partition coefficient (Wildman–Crippen LogP) is 7.64. The lowest BCUT2D eigenvalue weighted by Crippen LogP contribution is -2.34. The fraction of sp³-hybridized carbons (Fsp3) is 0.389. The molecular weight excluding hydrogens is 681 g/mol. The van der Waals surface area contributed by atoms with Gasteiger partial charge >= 0.3 is 16.2 Å². The van der Waals surface area contributed by atoms with Crippen LogP contribution >= 0.6 is 11.3 Å². The van der Waals surface area contributed by atoms with Crippen molar-refractivity contribution in [2.45, 2.75) is 77.1 Å². The van der Waals surface area contributed by atoms with Crippen molar-refractivity contribution in [3.8, 4) is 29.1 Å². The maximum absolute atomic E-state index is 13.2. The van der Waals surface area contributed by atoms with E-state index in [4.69, 9.17) is 23.1 Å². The van der Waals surface area contributed by atoms with Gasteiger partial charge in [0.15, 0.2) is 23.6 Å². The molecule has 4 aromatic rings. The quantitative estimate of drug-likeness (QED) is 0.118. The van der Waals surface area contributed by atoms with Gasteiger partial charge in [-0.25, -0.2) is 19.7 Å². The van der Waals surface area contributed by atoms with Crippen LogP contribution in [0.15, 0.2) is 53.7 Å². The first-order chi connectivity index (χ1) is 23.8. The molecule has 264 valence electrons. The summed E-state index contributed by atoms with van der Waals surface area (Å²) in [4.78, 5) is 26.7. The first-order valence-electron chi connectivity index (χ1n) is 16.2. The lowest BCUT2D eigenvalue weighted by atomic mass is 10.2. The van der Waals surface area contributed by atoms with Crippen LogP contribution in [0, 0.1) is 18.8 Å². The molecule has 14 heteroatoms. The summed E-state index contributed by atoms with van der Waals surface area (Å²) in [5.41, 5.74) is 1.26. The maximum Gasteiger partial charge on any atom is 0.415 e. The number of ether oxygens (including phenoxy) is 4. The Kier molecular flexibility index (Phi) is 11.7. The van der Waals surface area contributed by atoms with Crippen LogP contribution in [0.3, 0.4) is 0 Å². The minimum Gasteiger partial charge on any atom is -0.460 e. The first kappa shape index (κ1) is 36.7. The molecule has 2 aromatic heterocycles. The van der Waals surface area contributed by atoms with Crippen molar-refractivity contribution < 1.29 is 36.3 Å². The summed E-state index contributed by atoms with van der Waals surface area (Å²) >= 11 is 1.44. The van der Waals surface area contributed by atoms with E-state index in [1.165, 1.54) is 34.7 Å². The number of allylic oxidation sites excluding steroid dienone is 1. The molecule has 5 rings (SSSR count). The maximum atomic E-state index is 13.2. The van der Waals surface area contributed by atoms with E-state index in [1.807, 2.05) is 26.0 Å². The van der Waals surface area contributed by atoms with Crippen LogP contribution in [0.4, 0.5) is 10.6 Å². The van der Waals surface area contributed by atoms with Crippen molar-refractivity contribution in [2.75, 3.05) is 25.2 Å². The minimum absolute atomic E-state index is 0.0482. The summed E-state index contributed by atoms with van der Waals surface area (Å²) in [6, 6.07) is 8.60. The summed E-state index contributed by atoms with van der Waals surface area (Å²) < 4.78 is 56.1. The highest BCUT2D eigenvalue weighted by Gasteiger charge is 2.29. The number of benzene rings is 2. The lowest BCUT2D eigenvalue weighted by molar-refractivity contribution is -0.107. The number of hydrogen-bond acceptors (Lipinski definition) is 12. The van der Waals surface area contributed by atoms with Gasteiger partial charge in [0.1, 0.15) is 26.9 Å². The Morgan fingerprint density at radius 3 is 2.66 bits per heavy atom. The summed E-state index contributed by atoms with van der Waals surface area (Å²) in [6.07, 6.45) is 8.26. The SMILES string of the molecule is CCCOS(=O)(=O)c1ccc(C)c(Oc2ccc3nc(/C=C/C#Cc4cnc(N(C)C(=O)OC(C)(C)C)cn4)sc3c2)c1OC1CCCCO1. The summed E-state index contributed by atoms with van der Waals surface area (Å²) in [5.74, 6) is 7.02.